The number of urea groups is 1. The van der Waals surface area contributed by atoms with E-state index in [1.54, 1.807) is 11.0 Å². The first-order valence-corrected chi connectivity index (χ1v) is 9.37. The third-order valence-corrected chi connectivity index (χ3v) is 4.36. The largest absolute Gasteiger partial charge is 0.455 e. The SMILES string of the molecule is C=CCNC(=O)NC(=O)COC(=O)C1CCN(C(=O)/C=C/c2ccccc2)CC1. The molecule has 1 aromatic carbocycles. The second kappa shape index (κ2) is 11.4. The Bertz CT molecular complexity index is 768. The summed E-state index contributed by atoms with van der Waals surface area (Å²) in [4.78, 5) is 49.0. The zero-order valence-corrected chi connectivity index (χ0v) is 16.1. The van der Waals surface area contributed by atoms with Crippen molar-refractivity contribution in [2.75, 3.05) is 26.2 Å². The minimum absolute atomic E-state index is 0.106. The molecular formula is C21H25N3O5. The van der Waals surface area contributed by atoms with Gasteiger partial charge in [0.05, 0.1) is 5.92 Å². The Morgan fingerprint density at radius 3 is 2.48 bits per heavy atom. The van der Waals surface area contributed by atoms with Crippen LogP contribution in [0.25, 0.3) is 6.08 Å². The van der Waals surface area contributed by atoms with Gasteiger partial charge in [0.15, 0.2) is 6.61 Å². The molecule has 1 aliphatic heterocycles. The molecule has 1 fully saturated rings. The quantitative estimate of drug-likeness (QED) is 0.411. The zero-order chi connectivity index (χ0) is 21.1. The van der Waals surface area contributed by atoms with Crippen molar-refractivity contribution in [2.24, 2.45) is 5.92 Å². The molecule has 29 heavy (non-hydrogen) atoms. The number of rotatable bonds is 7. The van der Waals surface area contributed by atoms with E-state index in [0.29, 0.717) is 25.9 Å². The summed E-state index contributed by atoms with van der Waals surface area (Å²) in [5, 5.41) is 4.43. The van der Waals surface area contributed by atoms with Gasteiger partial charge < -0.3 is 15.0 Å². The lowest BCUT2D eigenvalue weighted by atomic mass is 9.97. The molecule has 2 N–H and O–H groups in total. The standard InChI is InChI=1S/C21H25N3O5/c1-2-12-22-21(28)23-18(25)15-29-20(27)17-10-13-24(14-11-17)19(26)9-8-16-6-4-3-5-7-16/h2-9,17H,1,10-15H2,(H2,22,23,25,28)/b9-8+. The lowest BCUT2D eigenvalue weighted by molar-refractivity contribution is -0.154. The van der Waals surface area contributed by atoms with Crippen molar-refractivity contribution >= 4 is 29.9 Å². The van der Waals surface area contributed by atoms with Crippen molar-refractivity contribution in [3.63, 3.8) is 0 Å². The Morgan fingerprint density at radius 2 is 1.83 bits per heavy atom. The first-order valence-electron chi connectivity index (χ1n) is 9.37. The van der Waals surface area contributed by atoms with Crippen LogP contribution in [0.4, 0.5) is 4.79 Å². The average Bonchev–Trinajstić information content (AvgIpc) is 2.75. The van der Waals surface area contributed by atoms with Crippen molar-refractivity contribution in [2.45, 2.75) is 12.8 Å². The highest BCUT2D eigenvalue weighted by molar-refractivity contribution is 5.95. The second-order valence-electron chi connectivity index (χ2n) is 6.50. The lowest BCUT2D eigenvalue weighted by Gasteiger charge is -2.30. The van der Waals surface area contributed by atoms with Crippen LogP contribution in [-0.4, -0.2) is 55.0 Å². The molecule has 0 saturated carbocycles. The van der Waals surface area contributed by atoms with Gasteiger partial charge in [0.25, 0.3) is 5.91 Å². The summed E-state index contributed by atoms with van der Waals surface area (Å²) in [6.07, 6.45) is 5.68. The fourth-order valence-electron chi connectivity index (χ4n) is 2.80. The highest BCUT2D eigenvalue weighted by Gasteiger charge is 2.28. The number of piperidine rings is 1. The summed E-state index contributed by atoms with van der Waals surface area (Å²) in [5.74, 6) is -1.69. The number of carbonyl (C=O) groups is 4. The predicted molar refractivity (Wildman–Crippen MR) is 107 cm³/mol. The summed E-state index contributed by atoms with van der Waals surface area (Å²) in [7, 11) is 0. The number of nitrogens with zero attached hydrogens (tertiary/aromatic N) is 1. The van der Waals surface area contributed by atoms with Crippen LogP contribution < -0.4 is 10.6 Å². The van der Waals surface area contributed by atoms with E-state index in [4.69, 9.17) is 4.74 Å². The molecule has 0 spiro atoms. The first-order chi connectivity index (χ1) is 14.0. The molecule has 8 nitrogen and oxygen atoms in total. The molecule has 2 rings (SSSR count). The van der Waals surface area contributed by atoms with Crippen molar-refractivity contribution in [1.29, 1.82) is 0 Å². The van der Waals surface area contributed by atoms with Gasteiger partial charge in [-0.25, -0.2) is 4.79 Å². The minimum atomic E-state index is -0.710. The maximum Gasteiger partial charge on any atom is 0.321 e. The molecule has 1 heterocycles. The van der Waals surface area contributed by atoms with Gasteiger partial charge in [0, 0.05) is 25.7 Å². The fourth-order valence-corrected chi connectivity index (χ4v) is 2.80. The Morgan fingerprint density at radius 1 is 1.14 bits per heavy atom. The van der Waals surface area contributed by atoms with Crippen molar-refractivity contribution in [3.05, 3.63) is 54.6 Å². The highest BCUT2D eigenvalue weighted by atomic mass is 16.5. The topological polar surface area (TPSA) is 105 Å². The highest BCUT2D eigenvalue weighted by Crippen LogP contribution is 2.19. The molecule has 0 unspecified atom stereocenters. The van der Waals surface area contributed by atoms with E-state index in [1.165, 1.54) is 12.2 Å². The van der Waals surface area contributed by atoms with Gasteiger partial charge in [-0.2, -0.15) is 0 Å². The average molecular weight is 399 g/mol. The number of amides is 4. The fraction of sp³-hybridized carbons (Fsp3) is 0.333. The predicted octanol–water partition coefficient (Wildman–Crippen LogP) is 1.49. The molecular weight excluding hydrogens is 374 g/mol. The number of imide groups is 1. The van der Waals surface area contributed by atoms with Gasteiger partial charge in [-0.05, 0) is 24.5 Å². The van der Waals surface area contributed by atoms with Gasteiger partial charge in [-0.15, -0.1) is 6.58 Å². The third-order valence-electron chi connectivity index (χ3n) is 4.36. The van der Waals surface area contributed by atoms with Crippen LogP contribution in [-0.2, 0) is 19.1 Å². The van der Waals surface area contributed by atoms with Gasteiger partial charge in [0.2, 0.25) is 5.91 Å². The Kier molecular flexibility index (Phi) is 8.62. The number of hydrogen-bond donors (Lipinski definition) is 2. The monoisotopic (exact) mass is 399 g/mol. The van der Waals surface area contributed by atoms with E-state index in [1.807, 2.05) is 35.6 Å². The number of hydrogen-bond acceptors (Lipinski definition) is 5. The lowest BCUT2D eigenvalue weighted by Crippen LogP contribution is -2.42. The molecule has 1 aliphatic rings. The normalized spacial score (nSPS) is 14.3. The molecule has 1 aromatic rings. The van der Waals surface area contributed by atoms with Crippen LogP contribution in [0.2, 0.25) is 0 Å². The summed E-state index contributed by atoms with van der Waals surface area (Å²) >= 11 is 0. The Labute approximate surface area is 169 Å². The van der Waals surface area contributed by atoms with Gasteiger partial charge in [-0.3, -0.25) is 19.7 Å². The summed E-state index contributed by atoms with van der Waals surface area (Å²) < 4.78 is 4.98. The first kappa shape index (κ1) is 21.9. The maximum atomic E-state index is 12.3. The second-order valence-corrected chi connectivity index (χ2v) is 6.50. The van der Waals surface area contributed by atoms with Crippen LogP contribution in [0.1, 0.15) is 18.4 Å². The number of benzene rings is 1. The van der Waals surface area contributed by atoms with Gasteiger partial charge in [0.1, 0.15) is 0 Å². The van der Waals surface area contributed by atoms with E-state index >= 15 is 0 Å². The minimum Gasteiger partial charge on any atom is -0.455 e. The summed E-state index contributed by atoms with van der Waals surface area (Å²) in [6, 6.07) is 8.84. The van der Waals surface area contributed by atoms with Gasteiger partial charge >= 0.3 is 12.0 Å². The molecule has 1 saturated heterocycles. The number of carbonyl (C=O) groups excluding carboxylic acids is 4. The van der Waals surface area contributed by atoms with E-state index in [0.717, 1.165) is 5.56 Å². The van der Waals surface area contributed by atoms with Crippen LogP contribution >= 0.6 is 0 Å². The van der Waals surface area contributed by atoms with E-state index in [9.17, 15) is 19.2 Å². The number of esters is 1. The molecule has 0 atom stereocenters. The third kappa shape index (κ3) is 7.61. The van der Waals surface area contributed by atoms with Crippen LogP contribution in [0.5, 0.6) is 0 Å². The zero-order valence-electron chi connectivity index (χ0n) is 16.1. The maximum absolute atomic E-state index is 12.3. The number of likely N-dealkylation sites (tertiary alicyclic amines) is 1. The van der Waals surface area contributed by atoms with Crippen LogP contribution in [0.3, 0.4) is 0 Å². The molecule has 154 valence electrons. The molecule has 0 aliphatic carbocycles. The number of ether oxygens (including phenoxy) is 1. The number of nitrogens with one attached hydrogen (secondary N) is 2. The van der Waals surface area contributed by atoms with Gasteiger partial charge in [-0.1, -0.05) is 36.4 Å². The van der Waals surface area contributed by atoms with Crippen LogP contribution in [0.15, 0.2) is 49.1 Å². The van der Waals surface area contributed by atoms with E-state index in [-0.39, 0.29) is 18.4 Å². The van der Waals surface area contributed by atoms with E-state index < -0.39 is 24.5 Å². The molecule has 0 radical (unpaired) electrons. The van der Waals surface area contributed by atoms with Crippen LogP contribution in [0, 0.1) is 5.92 Å². The van der Waals surface area contributed by atoms with Crippen molar-refractivity contribution in [3.8, 4) is 0 Å². The molecule has 0 bridgehead atoms. The Hall–Kier alpha value is -3.42. The van der Waals surface area contributed by atoms with Crippen molar-refractivity contribution in [1.82, 2.24) is 15.5 Å². The summed E-state index contributed by atoms with van der Waals surface area (Å²) in [5.41, 5.74) is 0.941. The Balaban J connectivity index is 1.70. The molecule has 0 aromatic heterocycles. The van der Waals surface area contributed by atoms with E-state index in [2.05, 4.69) is 11.9 Å². The smallest absolute Gasteiger partial charge is 0.321 e. The summed E-state index contributed by atoms with van der Waals surface area (Å²) in [6.45, 7) is 4.01. The molecule has 4 amide bonds. The molecule has 8 heteroatoms. The van der Waals surface area contributed by atoms with Crippen molar-refractivity contribution < 1.29 is 23.9 Å².